The summed E-state index contributed by atoms with van der Waals surface area (Å²) in [6, 6.07) is 18.4. The molecule has 2 aromatic carbocycles. The van der Waals surface area contributed by atoms with Crippen molar-refractivity contribution in [2.75, 3.05) is 20.2 Å². The van der Waals surface area contributed by atoms with Crippen LogP contribution in [-0.4, -0.2) is 46.2 Å². The molecule has 2 aromatic heterocycles. The third-order valence-corrected chi connectivity index (χ3v) is 6.44. The van der Waals surface area contributed by atoms with Crippen molar-refractivity contribution in [3.05, 3.63) is 88.9 Å². The third-order valence-electron chi connectivity index (χ3n) is 6.44. The summed E-state index contributed by atoms with van der Waals surface area (Å²) in [4.78, 5) is 20.0. The summed E-state index contributed by atoms with van der Waals surface area (Å²) in [5.74, 6) is 1.09. The first kappa shape index (κ1) is 21.2. The lowest BCUT2D eigenvalue weighted by Crippen LogP contribution is -2.39. The van der Waals surface area contributed by atoms with Gasteiger partial charge in [-0.2, -0.15) is 5.10 Å². The molecule has 1 N–H and O–H groups in total. The Hall–Kier alpha value is -3.67. The topological polar surface area (TPSA) is 71.1 Å². The number of piperidine rings is 1. The van der Waals surface area contributed by atoms with Gasteiger partial charge in [0.1, 0.15) is 5.75 Å². The number of aromatic nitrogens is 3. The van der Waals surface area contributed by atoms with Crippen LogP contribution in [0.4, 0.5) is 0 Å². The molecule has 0 spiro atoms. The lowest BCUT2D eigenvalue weighted by Gasteiger charge is -2.32. The maximum Gasteiger partial charge on any atom is 0.275 e. The number of ether oxygens (including phenoxy) is 1. The molecule has 1 unspecified atom stereocenters. The highest BCUT2D eigenvalue weighted by molar-refractivity contribution is 6.04. The molecule has 1 aliphatic rings. The van der Waals surface area contributed by atoms with E-state index in [1.165, 1.54) is 5.56 Å². The number of likely N-dealkylation sites (tertiary alicyclic amines) is 1. The van der Waals surface area contributed by atoms with Crippen molar-refractivity contribution in [1.29, 1.82) is 0 Å². The fourth-order valence-electron chi connectivity index (χ4n) is 4.64. The normalized spacial score (nSPS) is 16.2. The van der Waals surface area contributed by atoms with E-state index in [4.69, 9.17) is 9.72 Å². The number of H-pyrrole nitrogens is 1. The van der Waals surface area contributed by atoms with Gasteiger partial charge in [-0.1, -0.05) is 29.8 Å². The highest BCUT2D eigenvalue weighted by Gasteiger charge is 2.28. The Morgan fingerprint density at radius 1 is 1.15 bits per heavy atom. The number of aromatic amines is 1. The number of rotatable bonds is 5. The minimum absolute atomic E-state index is 0.00815. The molecule has 1 fully saturated rings. The number of hydrogen-bond acceptors (Lipinski definition) is 4. The summed E-state index contributed by atoms with van der Waals surface area (Å²) in [5.41, 5.74) is 5.92. The van der Waals surface area contributed by atoms with Crippen LogP contribution in [0.3, 0.4) is 0 Å². The summed E-state index contributed by atoms with van der Waals surface area (Å²) in [6.07, 6.45) is 4.77. The molecule has 1 amide bonds. The SMILES string of the molecule is COc1cccc(Cc2ccc(C3CCCN(C(=O)c4n[nH]c5ccc(C)cc45)C3)nc2)c1. The number of hydrogen-bond donors (Lipinski definition) is 1. The van der Waals surface area contributed by atoms with E-state index in [0.717, 1.165) is 59.3 Å². The Bertz CT molecular complexity index is 1280. The molecule has 1 saturated heterocycles. The number of nitrogens with one attached hydrogen (secondary N) is 1. The molecule has 0 bridgehead atoms. The van der Waals surface area contributed by atoms with E-state index < -0.39 is 0 Å². The average molecular weight is 441 g/mol. The molecule has 33 heavy (non-hydrogen) atoms. The molecule has 4 aromatic rings. The fraction of sp³-hybridized carbons (Fsp3) is 0.296. The zero-order valence-corrected chi connectivity index (χ0v) is 19.0. The zero-order chi connectivity index (χ0) is 22.8. The summed E-state index contributed by atoms with van der Waals surface area (Å²) in [6.45, 7) is 3.45. The Labute approximate surface area is 193 Å². The number of pyridine rings is 1. The second kappa shape index (κ2) is 9.06. The van der Waals surface area contributed by atoms with Gasteiger partial charge in [0.15, 0.2) is 5.69 Å². The molecule has 1 aliphatic heterocycles. The minimum atomic E-state index is -0.00815. The van der Waals surface area contributed by atoms with Gasteiger partial charge in [0.05, 0.1) is 12.6 Å². The van der Waals surface area contributed by atoms with Crippen LogP contribution >= 0.6 is 0 Å². The highest BCUT2D eigenvalue weighted by atomic mass is 16.5. The van der Waals surface area contributed by atoms with Crippen molar-refractivity contribution in [1.82, 2.24) is 20.1 Å². The van der Waals surface area contributed by atoms with E-state index in [2.05, 4.69) is 34.5 Å². The Kier molecular flexibility index (Phi) is 5.82. The van der Waals surface area contributed by atoms with Gasteiger partial charge in [-0.15, -0.1) is 0 Å². The third kappa shape index (κ3) is 4.46. The standard InChI is InChI=1S/C27H28N4O2/c1-18-8-10-25-23(13-18)26(30-29-25)27(32)31-12-4-6-21(17-31)24-11-9-20(16-28-24)14-19-5-3-7-22(15-19)33-2/h3,5,7-11,13,15-16,21H,4,6,12,14,17H2,1-2H3,(H,29,30). The van der Waals surface area contributed by atoms with Crippen molar-refractivity contribution in [3.8, 4) is 5.75 Å². The lowest BCUT2D eigenvalue weighted by atomic mass is 9.93. The van der Waals surface area contributed by atoms with Crippen LogP contribution in [0.2, 0.25) is 0 Å². The van der Waals surface area contributed by atoms with Gasteiger partial charge in [0.25, 0.3) is 5.91 Å². The number of carbonyl (C=O) groups is 1. The largest absolute Gasteiger partial charge is 0.497 e. The quantitative estimate of drug-likeness (QED) is 0.480. The van der Waals surface area contributed by atoms with Gasteiger partial charge >= 0.3 is 0 Å². The molecule has 6 nitrogen and oxygen atoms in total. The van der Waals surface area contributed by atoms with Gasteiger partial charge in [0, 0.05) is 36.3 Å². The monoisotopic (exact) mass is 440 g/mol. The van der Waals surface area contributed by atoms with Gasteiger partial charge in [-0.05, 0) is 67.6 Å². The van der Waals surface area contributed by atoms with Crippen molar-refractivity contribution >= 4 is 16.8 Å². The molecule has 0 radical (unpaired) electrons. The number of aryl methyl sites for hydroxylation is 1. The van der Waals surface area contributed by atoms with Crippen LogP contribution in [0.15, 0.2) is 60.8 Å². The number of fused-ring (bicyclic) bond motifs is 1. The van der Waals surface area contributed by atoms with E-state index in [1.807, 2.05) is 48.4 Å². The molecule has 1 atom stereocenters. The minimum Gasteiger partial charge on any atom is -0.497 e. The predicted octanol–water partition coefficient (Wildman–Crippen LogP) is 4.89. The number of benzene rings is 2. The first-order chi connectivity index (χ1) is 16.1. The Balaban J connectivity index is 1.29. The first-order valence-corrected chi connectivity index (χ1v) is 11.4. The molecule has 0 saturated carbocycles. The second-order valence-electron chi connectivity index (χ2n) is 8.83. The molecule has 6 heteroatoms. The second-order valence-corrected chi connectivity index (χ2v) is 8.83. The van der Waals surface area contributed by atoms with Gasteiger partial charge < -0.3 is 9.64 Å². The van der Waals surface area contributed by atoms with Crippen molar-refractivity contribution < 1.29 is 9.53 Å². The molecule has 0 aliphatic carbocycles. The van der Waals surface area contributed by atoms with Crippen LogP contribution in [0, 0.1) is 6.92 Å². The zero-order valence-electron chi connectivity index (χ0n) is 19.0. The number of carbonyl (C=O) groups excluding carboxylic acids is 1. The van der Waals surface area contributed by atoms with Crippen LogP contribution in [-0.2, 0) is 6.42 Å². The molecule has 5 rings (SSSR count). The van der Waals surface area contributed by atoms with Crippen molar-refractivity contribution in [2.45, 2.75) is 32.1 Å². The van der Waals surface area contributed by atoms with Crippen LogP contribution in [0.1, 0.15) is 51.6 Å². The summed E-state index contributed by atoms with van der Waals surface area (Å²) < 4.78 is 5.32. The fourth-order valence-corrected chi connectivity index (χ4v) is 4.64. The van der Waals surface area contributed by atoms with Crippen molar-refractivity contribution in [3.63, 3.8) is 0 Å². The molecule has 3 heterocycles. The van der Waals surface area contributed by atoms with Crippen LogP contribution < -0.4 is 4.74 Å². The van der Waals surface area contributed by atoms with E-state index in [0.29, 0.717) is 12.2 Å². The van der Waals surface area contributed by atoms with Gasteiger partial charge in [0.2, 0.25) is 0 Å². The van der Waals surface area contributed by atoms with Crippen molar-refractivity contribution in [2.24, 2.45) is 0 Å². The van der Waals surface area contributed by atoms with Gasteiger partial charge in [-0.25, -0.2) is 0 Å². The summed E-state index contributed by atoms with van der Waals surface area (Å²) >= 11 is 0. The summed E-state index contributed by atoms with van der Waals surface area (Å²) in [7, 11) is 1.68. The van der Waals surface area contributed by atoms with E-state index in [-0.39, 0.29) is 11.8 Å². The Morgan fingerprint density at radius 3 is 2.88 bits per heavy atom. The number of nitrogens with zero attached hydrogens (tertiary/aromatic N) is 3. The average Bonchev–Trinajstić information content (AvgIpc) is 3.27. The lowest BCUT2D eigenvalue weighted by molar-refractivity contribution is 0.0702. The molecule has 168 valence electrons. The predicted molar refractivity (Wildman–Crippen MR) is 129 cm³/mol. The highest BCUT2D eigenvalue weighted by Crippen LogP contribution is 2.28. The maximum absolute atomic E-state index is 13.3. The number of methoxy groups -OCH3 is 1. The number of amides is 1. The van der Waals surface area contributed by atoms with E-state index in [1.54, 1.807) is 7.11 Å². The molecular weight excluding hydrogens is 412 g/mol. The van der Waals surface area contributed by atoms with E-state index >= 15 is 0 Å². The smallest absolute Gasteiger partial charge is 0.275 e. The van der Waals surface area contributed by atoms with Crippen LogP contribution in [0.5, 0.6) is 5.75 Å². The van der Waals surface area contributed by atoms with Gasteiger partial charge in [-0.3, -0.25) is 14.9 Å². The summed E-state index contributed by atoms with van der Waals surface area (Å²) in [5, 5.41) is 8.22. The van der Waals surface area contributed by atoms with E-state index in [9.17, 15) is 4.79 Å². The Morgan fingerprint density at radius 2 is 2.06 bits per heavy atom. The van der Waals surface area contributed by atoms with Crippen LogP contribution in [0.25, 0.3) is 10.9 Å². The first-order valence-electron chi connectivity index (χ1n) is 11.4. The molecular formula is C27H28N4O2. The maximum atomic E-state index is 13.3.